The van der Waals surface area contributed by atoms with Crippen LogP contribution >= 0.6 is 23.4 Å². The molecule has 0 aliphatic heterocycles. The number of rotatable bonds is 8. The molecule has 2 N–H and O–H groups in total. The lowest BCUT2D eigenvalue weighted by Crippen LogP contribution is -2.29. The number of para-hydroxylation sites is 1. The van der Waals surface area contributed by atoms with Gasteiger partial charge in [-0.1, -0.05) is 84.9 Å². The van der Waals surface area contributed by atoms with Gasteiger partial charge in [0.05, 0.1) is 12.2 Å². The summed E-state index contributed by atoms with van der Waals surface area (Å²) in [6.45, 7) is 4.29. The SMILES string of the molecule is CCc1ccccc1NC(=O)NCc1nnc(SCc2ccccc2)n1-c1cc(Cl)ccc1C. The highest BCUT2D eigenvalue weighted by atomic mass is 35.5. The van der Waals surface area contributed by atoms with Gasteiger partial charge in [-0.05, 0) is 48.2 Å². The van der Waals surface area contributed by atoms with Crippen LogP contribution < -0.4 is 10.6 Å². The maximum absolute atomic E-state index is 12.6. The fourth-order valence-electron chi connectivity index (χ4n) is 3.57. The molecule has 0 aliphatic carbocycles. The Hall–Kier alpha value is -3.29. The molecule has 6 nitrogen and oxygen atoms in total. The third kappa shape index (κ3) is 5.79. The predicted octanol–water partition coefficient (Wildman–Crippen LogP) is 6.41. The van der Waals surface area contributed by atoms with Crippen LogP contribution in [0.25, 0.3) is 5.69 Å². The van der Waals surface area contributed by atoms with E-state index in [0.717, 1.165) is 39.8 Å². The molecule has 174 valence electrons. The number of carbonyl (C=O) groups is 1. The Labute approximate surface area is 208 Å². The van der Waals surface area contributed by atoms with Crippen LogP contribution in [-0.2, 0) is 18.7 Å². The maximum Gasteiger partial charge on any atom is 0.319 e. The Bertz CT molecular complexity index is 1280. The van der Waals surface area contributed by atoms with E-state index in [1.165, 1.54) is 5.56 Å². The Morgan fingerprint density at radius 1 is 1.03 bits per heavy atom. The molecule has 0 atom stereocenters. The molecule has 8 heteroatoms. The zero-order chi connectivity index (χ0) is 23.9. The van der Waals surface area contributed by atoms with Crippen molar-refractivity contribution in [1.29, 1.82) is 0 Å². The summed E-state index contributed by atoms with van der Waals surface area (Å²) in [5.74, 6) is 1.38. The molecule has 34 heavy (non-hydrogen) atoms. The molecule has 0 spiro atoms. The summed E-state index contributed by atoms with van der Waals surface area (Å²) in [5.41, 5.74) is 5.00. The van der Waals surface area contributed by atoms with E-state index in [9.17, 15) is 4.79 Å². The van der Waals surface area contributed by atoms with Gasteiger partial charge >= 0.3 is 6.03 Å². The molecule has 1 aromatic heterocycles. The second kappa shape index (κ2) is 11.2. The minimum atomic E-state index is -0.295. The number of benzene rings is 3. The topological polar surface area (TPSA) is 71.8 Å². The number of urea groups is 1. The number of nitrogens with one attached hydrogen (secondary N) is 2. The highest BCUT2D eigenvalue weighted by molar-refractivity contribution is 7.98. The van der Waals surface area contributed by atoms with Crippen molar-refractivity contribution in [2.24, 2.45) is 0 Å². The Morgan fingerprint density at radius 3 is 2.59 bits per heavy atom. The number of aryl methyl sites for hydroxylation is 2. The maximum atomic E-state index is 12.6. The van der Waals surface area contributed by atoms with Gasteiger partial charge in [-0.2, -0.15) is 0 Å². The van der Waals surface area contributed by atoms with Crippen molar-refractivity contribution in [2.45, 2.75) is 37.7 Å². The van der Waals surface area contributed by atoms with Gasteiger partial charge in [0.25, 0.3) is 0 Å². The lowest BCUT2D eigenvalue weighted by atomic mass is 10.1. The van der Waals surface area contributed by atoms with Gasteiger partial charge in [-0.25, -0.2) is 4.79 Å². The molecule has 0 fully saturated rings. The number of hydrogen-bond donors (Lipinski definition) is 2. The summed E-state index contributed by atoms with van der Waals surface area (Å²) in [6, 6.07) is 23.4. The Morgan fingerprint density at radius 2 is 1.79 bits per heavy atom. The van der Waals surface area contributed by atoms with Gasteiger partial charge in [-0.3, -0.25) is 4.57 Å². The third-order valence-corrected chi connectivity index (χ3v) is 6.61. The van der Waals surface area contributed by atoms with E-state index in [-0.39, 0.29) is 12.6 Å². The number of amides is 2. The summed E-state index contributed by atoms with van der Waals surface area (Å²) < 4.78 is 1.97. The Balaban J connectivity index is 1.56. The van der Waals surface area contributed by atoms with Crippen molar-refractivity contribution in [3.8, 4) is 5.69 Å². The minimum absolute atomic E-state index is 0.213. The standard InChI is InChI=1S/C26H26ClN5OS/c1-3-20-11-7-8-12-22(20)29-25(33)28-16-24-30-31-26(34-17-19-9-5-4-6-10-19)32(24)23-15-21(27)14-13-18(23)2/h4-15H,3,16-17H2,1-2H3,(H2,28,29,33). The van der Waals surface area contributed by atoms with Crippen LogP contribution in [0.3, 0.4) is 0 Å². The van der Waals surface area contributed by atoms with Crippen LogP contribution in [-0.4, -0.2) is 20.8 Å². The van der Waals surface area contributed by atoms with E-state index in [4.69, 9.17) is 11.6 Å². The van der Waals surface area contributed by atoms with Crippen molar-refractivity contribution in [3.05, 3.63) is 100 Å². The van der Waals surface area contributed by atoms with Crippen molar-refractivity contribution in [3.63, 3.8) is 0 Å². The van der Waals surface area contributed by atoms with Gasteiger partial charge in [-0.15, -0.1) is 10.2 Å². The van der Waals surface area contributed by atoms with Crippen molar-refractivity contribution in [2.75, 3.05) is 5.32 Å². The van der Waals surface area contributed by atoms with Gasteiger partial charge < -0.3 is 10.6 Å². The first-order valence-corrected chi connectivity index (χ1v) is 12.4. The average Bonchev–Trinajstić information content (AvgIpc) is 3.26. The molecular formula is C26H26ClN5OS. The molecule has 0 bridgehead atoms. The summed E-state index contributed by atoms with van der Waals surface area (Å²) in [7, 11) is 0. The van der Waals surface area contributed by atoms with Gasteiger partial charge in [0, 0.05) is 16.5 Å². The van der Waals surface area contributed by atoms with Gasteiger partial charge in [0.15, 0.2) is 11.0 Å². The number of anilines is 1. The van der Waals surface area contributed by atoms with E-state index in [1.807, 2.05) is 72.2 Å². The van der Waals surface area contributed by atoms with Crippen LogP contribution in [0.5, 0.6) is 0 Å². The first-order chi connectivity index (χ1) is 16.5. The van der Waals surface area contributed by atoms with E-state index in [0.29, 0.717) is 10.8 Å². The summed E-state index contributed by atoms with van der Waals surface area (Å²) in [4.78, 5) is 12.6. The zero-order valence-corrected chi connectivity index (χ0v) is 20.7. The van der Waals surface area contributed by atoms with E-state index < -0.39 is 0 Å². The first kappa shape index (κ1) is 23.9. The molecule has 3 aromatic carbocycles. The monoisotopic (exact) mass is 491 g/mol. The number of carbonyl (C=O) groups excluding carboxylic acids is 1. The molecule has 4 rings (SSSR count). The molecule has 0 saturated heterocycles. The van der Waals surface area contributed by atoms with Crippen LogP contribution in [0, 0.1) is 6.92 Å². The molecule has 1 heterocycles. The van der Waals surface area contributed by atoms with Crippen LogP contribution in [0.4, 0.5) is 10.5 Å². The highest BCUT2D eigenvalue weighted by Gasteiger charge is 2.17. The molecule has 4 aromatic rings. The molecule has 0 saturated carbocycles. The normalized spacial score (nSPS) is 10.8. The van der Waals surface area contributed by atoms with E-state index >= 15 is 0 Å². The number of thioether (sulfide) groups is 1. The summed E-state index contributed by atoms with van der Waals surface area (Å²) >= 11 is 7.91. The summed E-state index contributed by atoms with van der Waals surface area (Å²) in [5, 5.41) is 16.0. The molecular weight excluding hydrogens is 466 g/mol. The molecule has 0 radical (unpaired) electrons. The number of hydrogen-bond acceptors (Lipinski definition) is 4. The summed E-state index contributed by atoms with van der Waals surface area (Å²) in [6.07, 6.45) is 0.834. The highest BCUT2D eigenvalue weighted by Crippen LogP contribution is 2.28. The Kier molecular flexibility index (Phi) is 7.87. The lowest BCUT2D eigenvalue weighted by molar-refractivity contribution is 0.251. The smallest absolute Gasteiger partial charge is 0.319 e. The molecule has 0 aliphatic rings. The number of aromatic nitrogens is 3. The second-order valence-electron chi connectivity index (χ2n) is 7.76. The fourth-order valence-corrected chi connectivity index (χ4v) is 4.66. The van der Waals surface area contributed by atoms with Crippen LogP contribution in [0.15, 0.2) is 78.0 Å². The van der Waals surface area contributed by atoms with E-state index in [1.54, 1.807) is 11.8 Å². The number of nitrogens with zero attached hydrogens (tertiary/aromatic N) is 3. The fraction of sp³-hybridized carbons (Fsp3) is 0.192. The van der Waals surface area contributed by atoms with Crippen LogP contribution in [0.2, 0.25) is 5.02 Å². The predicted molar refractivity (Wildman–Crippen MR) is 139 cm³/mol. The van der Waals surface area contributed by atoms with Crippen molar-refractivity contribution in [1.82, 2.24) is 20.1 Å². The van der Waals surface area contributed by atoms with Crippen molar-refractivity contribution < 1.29 is 4.79 Å². The quantitative estimate of drug-likeness (QED) is 0.279. The van der Waals surface area contributed by atoms with Gasteiger partial charge in [0.2, 0.25) is 0 Å². The van der Waals surface area contributed by atoms with Crippen LogP contribution in [0.1, 0.15) is 29.4 Å². The third-order valence-electron chi connectivity index (χ3n) is 5.38. The zero-order valence-electron chi connectivity index (χ0n) is 19.1. The van der Waals surface area contributed by atoms with E-state index in [2.05, 4.69) is 39.9 Å². The first-order valence-electron chi connectivity index (χ1n) is 11.1. The average molecular weight is 492 g/mol. The molecule has 0 unspecified atom stereocenters. The van der Waals surface area contributed by atoms with Gasteiger partial charge in [0.1, 0.15) is 0 Å². The second-order valence-corrected chi connectivity index (χ2v) is 9.14. The largest absolute Gasteiger partial charge is 0.331 e. The molecule has 2 amide bonds. The van der Waals surface area contributed by atoms with Crippen molar-refractivity contribution >= 4 is 35.1 Å². The number of halogens is 1. The lowest BCUT2D eigenvalue weighted by Gasteiger charge is -2.14. The minimum Gasteiger partial charge on any atom is -0.331 e.